The summed E-state index contributed by atoms with van der Waals surface area (Å²) in [7, 11) is 0. The minimum Gasteiger partial charge on any atom is -0.327 e. The molecule has 0 aliphatic heterocycles. The number of hydrogen-bond donors (Lipinski definition) is 1. The first-order valence-corrected chi connectivity index (χ1v) is 5.57. The largest absolute Gasteiger partial charge is 0.327 e. The van der Waals surface area contributed by atoms with E-state index in [0.29, 0.717) is 11.5 Å². The number of aryl methyl sites for hydroxylation is 1. The monoisotopic (exact) mass is 273 g/mol. The van der Waals surface area contributed by atoms with Crippen LogP contribution in [0, 0.1) is 0 Å². The van der Waals surface area contributed by atoms with E-state index < -0.39 is 0 Å². The van der Waals surface area contributed by atoms with E-state index in [0.717, 1.165) is 0 Å². The van der Waals surface area contributed by atoms with Gasteiger partial charge in [0.1, 0.15) is 0 Å². The molecule has 0 saturated heterocycles. The third-order valence-electron chi connectivity index (χ3n) is 3.57. The van der Waals surface area contributed by atoms with Crippen LogP contribution in [0.4, 0.5) is 0 Å². The van der Waals surface area contributed by atoms with Crippen LogP contribution in [0.5, 0.6) is 0 Å². The number of fused-ring (bicyclic) bond motifs is 2. The third kappa shape index (κ3) is 1.17. The van der Waals surface area contributed by atoms with Crippen molar-refractivity contribution in [2.45, 2.75) is 30.7 Å². The fraction of sp³-hybridized carbons (Fsp3) is 0.455. The molecule has 1 aromatic carbocycles. The smallest absolute Gasteiger partial charge is 0.0216 e. The van der Waals surface area contributed by atoms with Crippen LogP contribution in [0.2, 0.25) is 0 Å². The van der Waals surface area contributed by atoms with E-state index in [-0.39, 0.29) is 12.4 Å². The molecule has 1 aromatic rings. The van der Waals surface area contributed by atoms with Crippen LogP contribution >= 0.6 is 28.3 Å². The molecule has 0 radical (unpaired) electrons. The molecule has 0 amide bonds. The lowest BCUT2D eigenvalue weighted by molar-refractivity contribution is 0.649. The molecule has 0 bridgehead atoms. The zero-order chi connectivity index (χ0) is 9.05. The summed E-state index contributed by atoms with van der Waals surface area (Å²) in [6.07, 6.45) is 3.65. The second-order valence-electron chi connectivity index (χ2n) is 4.24. The summed E-state index contributed by atoms with van der Waals surface area (Å²) in [5.41, 5.74) is 9.39. The Morgan fingerprint density at radius 3 is 2.79 bits per heavy atom. The van der Waals surface area contributed by atoms with Crippen LogP contribution in [0.3, 0.4) is 0 Å². The van der Waals surface area contributed by atoms with Crippen LogP contribution in [-0.4, -0.2) is 6.04 Å². The van der Waals surface area contributed by atoms with Crippen LogP contribution < -0.4 is 5.73 Å². The summed E-state index contributed by atoms with van der Waals surface area (Å²) >= 11 is 3.63. The fourth-order valence-electron chi connectivity index (χ4n) is 2.73. The van der Waals surface area contributed by atoms with Crippen molar-refractivity contribution in [3.05, 3.63) is 33.8 Å². The molecule has 1 saturated carbocycles. The van der Waals surface area contributed by atoms with Gasteiger partial charge in [0.15, 0.2) is 0 Å². The van der Waals surface area contributed by atoms with Gasteiger partial charge in [-0.05, 0) is 36.5 Å². The minimum absolute atomic E-state index is 0. The maximum Gasteiger partial charge on any atom is 0.0216 e. The van der Waals surface area contributed by atoms with Crippen molar-refractivity contribution in [3.8, 4) is 0 Å². The van der Waals surface area contributed by atoms with Gasteiger partial charge in [0.2, 0.25) is 0 Å². The zero-order valence-electron chi connectivity index (χ0n) is 7.79. The molecular formula is C11H13BrClN. The Morgan fingerprint density at radius 2 is 2.14 bits per heavy atom. The van der Waals surface area contributed by atoms with Gasteiger partial charge in [-0.3, -0.25) is 0 Å². The first kappa shape index (κ1) is 10.5. The van der Waals surface area contributed by atoms with Crippen LogP contribution in [0.25, 0.3) is 0 Å². The second kappa shape index (κ2) is 3.22. The van der Waals surface area contributed by atoms with Gasteiger partial charge in [-0.1, -0.05) is 28.1 Å². The van der Waals surface area contributed by atoms with Crippen LogP contribution in [0.1, 0.15) is 24.0 Å². The highest BCUT2D eigenvalue weighted by atomic mass is 79.9. The molecule has 1 nitrogen and oxygen atoms in total. The molecule has 3 heteroatoms. The fourth-order valence-corrected chi connectivity index (χ4v) is 3.53. The predicted molar refractivity (Wildman–Crippen MR) is 64.0 cm³/mol. The van der Waals surface area contributed by atoms with Gasteiger partial charge < -0.3 is 5.73 Å². The summed E-state index contributed by atoms with van der Waals surface area (Å²) < 4.78 is 1.26. The highest BCUT2D eigenvalue weighted by Gasteiger charge is 2.56. The molecule has 3 rings (SSSR count). The normalized spacial score (nSPS) is 32.6. The Kier molecular flexibility index (Phi) is 2.41. The molecule has 76 valence electrons. The molecular weight excluding hydrogens is 261 g/mol. The predicted octanol–water partition coefficient (Wildman–Crippen LogP) is 2.79. The number of nitrogens with two attached hydrogens (primary N) is 1. The van der Waals surface area contributed by atoms with Gasteiger partial charge in [-0.2, -0.15) is 0 Å². The quantitative estimate of drug-likeness (QED) is 0.773. The van der Waals surface area contributed by atoms with Crippen LogP contribution in [0.15, 0.2) is 22.7 Å². The van der Waals surface area contributed by atoms with Crippen molar-refractivity contribution in [1.82, 2.24) is 0 Å². The van der Waals surface area contributed by atoms with Gasteiger partial charge >= 0.3 is 0 Å². The Hall–Kier alpha value is -0.0500. The molecule has 2 atom stereocenters. The maximum atomic E-state index is 6.03. The molecule has 2 aliphatic rings. The Bertz CT molecular complexity index is 380. The van der Waals surface area contributed by atoms with Crippen molar-refractivity contribution in [3.63, 3.8) is 0 Å². The molecule has 14 heavy (non-hydrogen) atoms. The molecule has 1 fully saturated rings. The van der Waals surface area contributed by atoms with Gasteiger partial charge in [-0.25, -0.2) is 0 Å². The topological polar surface area (TPSA) is 26.0 Å². The molecule has 0 aromatic heterocycles. The van der Waals surface area contributed by atoms with Crippen molar-refractivity contribution < 1.29 is 0 Å². The molecule has 2 N–H and O–H groups in total. The number of halogens is 2. The van der Waals surface area contributed by atoms with Crippen molar-refractivity contribution in [1.29, 1.82) is 0 Å². The summed E-state index contributed by atoms with van der Waals surface area (Å²) in [6, 6.07) is 6.90. The zero-order valence-corrected chi connectivity index (χ0v) is 10.2. The highest BCUT2D eigenvalue weighted by molar-refractivity contribution is 9.10. The van der Waals surface area contributed by atoms with E-state index in [1.54, 1.807) is 0 Å². The van der Waals surface area contributed by atoms with Crippen LogP contribution in [-0.2, 0) is 11.8 Å². The Labute approximate surface area is 98.6 Å². The average Bonchev–Trinajstić information content (AvgIpc) is 2.58. The molecule has 0 heterocycles. The van der Waals surface area contributed by atoms with Gasteiger partial charge in [0.05, 0.1) is 0 Å². The average molecular weight is 275 g/mol. The van der Waals surface area contributed by atoms with Crippen molar-refractivity contribution in [2.75, 3.05) is 0 Å². The van der Waals surface area contributed by atoms with Crippen molar-refractivity contribution in [2.24, 2.45) is 5.73 Å². The first-order chi connectivity index (χ1) is 6.24. The van der Waals surface area contributed by atoms with E-state index in [2.05, 4.69) is 34.1 Å². The Balaban J connectivity index is 0.000000750. The summed E-state index contributed by atoms with van der Waals surface area (Å²) in [6.45, 7) is 0. The van der Waals surface area contributed by atoms with E-state index in [9.17, 15) is 0 Å². The maximum absolute atomic E-state index is 6.03. The lowest BCUT2D eigenvalue weighted by Gasteiger charge is -2.11. The van der Waals surface area contributed by atoms with Gasteiger partial charge in [0, 0.05) is 15.9 Å². The lowest BCUT2D eigenvalue weighted by atomic mass is 9.98. The van der Waals surface area contributed by atoms with E-state index in [1.807, 2.05) is 0 Å². The van der Waals surface area contributed by atoms with E-state index in [1.165, 1.54) is 34.9 Å². The molecule has 0 unspecified atom stereocenters. The number of rotatable bonds is 0. The lowest BCUT2D eigenvalue weighted by Crippen LogP contribution is -2.15. The second-order valence-corrected chi connectivity index (χ2v) is 5.10. The third-order valence-corrected chi connectivity index (χ3v) is 4.23. The first-order valence-electron chi connectivity index (χ1n) is 4.77. The van der Waals surface area contributed by atoms with Gasteiger partial charge in [0.25, 0.3) is 0 Å². The summed E-state index contributed by atoms with van der Waals surface area (Å²) in [5.74, 6) is 0. The highest BCUT2D eigenvalue weighted by Crippen LogP contribution is 2.57. The van der Waals surface area contributed by atoms with Gasteiger partial charge in [-0.15, -0.1) is 12.4 Å². The van der Waals surface area contributed by atoms with E-state index in [4.69, 9.17) is 5.73 Å². The van der Waals surface area contributed by atoms with E-state index >= 15 is 0 Å². The number of hydrogen-bond acceptors (Lipinski definition) is 1. The van der Waals surface area contributed by atoms with Crippen molar-refractivity contribution >= 4 is 28.3 Å². The molecule has 1 spiro atoms. The number of benzene rings is 1. The minimum atomic E-state index is 0. The standard InChI is InChI=1S/C11H12BrN.ClH/c12-8-3-1-2-7-4-5-11(10(7)8)6-9(11)13;/h1-3,9H,4-6,13H2;1H/t9-,11+;/m1./s1. The summed E-state index contributed by atoms with van der Waals surface area (Å²) in [4.78, 5) is 0. The summed E-state index contributed by atoms with van der Waals surface area (Å²) in [5, 5.41) is 0. The Morgan fingerprint density at radius 1 is 1.43 bits per heavy atom. The molecule has 2 aliphatic carbocycles. The SMILES string of the molecule is Cl.N[C@@H]1C[C@@]12CCc1cccc(Br)c12.